The maximum atomic E-state index is 13.8. The van der Waals surface area contributed by atoms with Crippen molar-refractivity contribution in [1.29, 1.82) is 0 Å². The molecule has 11 heteroatoms. The standard InChI is InChI=1S/C14H11F2NO6S2/c1-22-13(18)7-3-12(24-6-7)25(20,21)17-11-4-8(14(19)23-2)9(15)5-10(11)16/h3-6,17H,1-2H3. The zero-order valence-corrected chi connectivity index (χ0v) is 14.5. The maximum absolute atomic E-state index is 13.8. The summed E-state index contributed by atoms with van der Waals surface area (Å²) >= 11 is 0.704. The number of carbonyl (C=O) groups excluding carboxylic acids is 2. The lowest BCUT2D eigenvalue weighted by molar-refractivity contribution is 0.0589. The van der Waals surface area contributed by atoms with Gasteiger partial charge in [0, 0.05) is 11.4 Å². The lowest BCUT2D eigenvalue weighted by atomic mass is 10.2. The normalized spacial score (nSPS) is 11.0. The van der Waals surface area contributed by atoms with Gasteiger partial charge >= 0.3 is 11.9 Å². The number of thiophene rings is 1. The third-order valence-electron chi connectivity index (χ3n) is 2.97. The Morgan fingerprint density at radius 3 is 2.28 bits per heavy atom. The number of esters is 2. The van der Waals surface area contributed by atoms with Gasteiger partial charge in [-0.1, -0.05) is 0 Å². The monoisotopic (exact) mass is 391 g/mol. The van der Waals surface area contributed by atoms with Crippen molar-refractivity contribution in [1.82, 2.24) is 0 Å². The highest BCUT2D eigenvalue weighted by Gasteiger charge is 2.23. The fraction of sp³-hybridized carbons (Fsp3) is 0.143. The number of hydrogen-bond donors (Lipinski definition) is 1. The van der Waals surface area contributed by atoms with Gasteiger partial charge in [-0.05, 0) is 12.1 Å². The van der Waals surface area contributed by atoms with Crippen LogP contribution in [0.1, 0.15) is 20.7 Å². The first kappa shape index (κ1) is 18.8. The van der Waals surface area contributed by atoms with Crippen molar-refractivity contribution >= 4 is 39.0 Å². The molecule has 1 N–H and O–H groups in total. The van der Waals surface area contributed by atoms with Crippen LogP contribution in [0.5, 0.6) is 0 Å². The van der Waals surface area contributed by atoms with E-state index in [4.69, 9.17) is 0 Å². The molecular weight excluding hydrogens is 380 g/mol. The van der Waals surface area contributed by atoms with Crippen LogP contribution in [-0.2, 0) is 19.5 Å². The van der Waals surface area contributed by atoms with Crippen LogP contribution in [0.25, 0.3) is 0 Å². The SMILES string of the molecule is COC(=O)c1csc(S(=O)(=O)Nc2cc(C(=O)OC)c(F)cc2F)c1. The number of anilines is 1. The highest BCUT2D eigenvalue weighted by molar-refractivity contribution is 7.94. The van der Waals surface area contributed by atoms with Crippen LogP contribution in [0, 0.1) is 11.6 Å². The molecule has 0 radical (unpaired) electrons. The van der Waals surface area contributed by atoms with E-state index < -0.39 is 44.8 Å². The van der Waals surface area contributed by atoms with Crippen molar-refractivity contribution in [3.8, 4) is 0 Å². The van der Waals surface area contributed by atoms with Crippen LogP contribution in [0.2, 0.25) is 0 Å². The Morgan fingerprint density at radius 2 is 1.68 bits per heavy atom. The largest absolute Gasteiger partial charge is 0.465 e. The fourth-order valence-electron chi connectivity index (χ4n) is 1.77. The van der Waals surface area contributed by atoms with Crippen molar-refractivity contribution in [2.45, 2.75) is 4.21 Å². The van der Waals surface area contributed by atoms with Gasteiger partial charge in [-0.25, -0.2) is 26.8 Å². The van der Waals surface area contributed by atoms with E-state index in [9.17, 15) is 26.8 Å². The minimum Gasteiger partial charge on any atom is -0.465 e. The van der Waals surface area contributed by atoms with E-state index >= 15 is 0 Å². The Bertz CT molecular complexity index is 939. The van der Waals surface area contributed by atoms with Crippen molar-refractivity contribution in [2.24, 2.45) is 0 Å². The summed E-state index contributed by atoms with van der Waals surface area (Å²) in [5.74, 6) is -4.25. The first-order valence-electron chi connectivity index (χ1n) is 6.46. The van der Waals surface area contributed by atoms with E-state index in [0.29, 0.717) is 23.5 Å². The molecule has 0 aliphatic rings. The van der Waals surface area contributed by atoms with Crippen LogP contribution < -0.4 is 4.72 Å². The molecule has 1 aromatic heterocycles. The third-order valence-corrected chi connectivity index (χ3v) is 5.77. The summed E-state index contributed by atoms with van der Waals surface area (Å²) in [6, 6.07) is 2.09. The Balaban J connectivity index is 2.39. The smallest absolute Gasteiger partial charge is 0.340 e. The topological polar surface area (TPSA) is 98.8 Å². The average molecular weight is 391 g/mol. The number of benzene rings is 1. The minimum atomic E-state index is -4.27. The number of nitrogens with one attached hydrogen (secondary N) is 1. The molecule has 1 aromatic carbocycles. The van der Waals surface area contributed by atoms with Crippen LogP contribution in [0.15, 0.2) is 27.8 Å². The Labute approximate surface area is 145 Å². The summed E-state index contributed by atoms with van der Waals surface area (Å²) in [6.45, 7) is 0. The molecule has 134 valence electrons. The third kappa shape index (κ3) is 3.94. The predicted octanol–water partition coefficient (Wildman–Crippen LogP) is 2.40. The first-order chi connectivity index (χ1) is 11.7. The molecule has 0 unspecified atom stereocenters. The van der Waals surface area contributed by atoms with Gasteiger partial charge in [0.2, 0.25) is 0 Å². The average Bonchev–Trinajstić information content (AvgIpc) is 3.06. The van der Waals surface area contributed by atoms with E-state index in [1.54, 1.807) is 0 Å². The molecule has 2 aromatic rings. The van der Waals surface area contributed by atoms with Crippen molar-refractivity contribution in [3.63, 3.8) is 0 Å². The molecular formula is C14H11F2NO6S2. The first-order valence-corrected chi connectivity index (χ1v) is 8.83. The fourth-order valence-corrected chi connectivity index (χ4v) is 3.98. The van der Waals surface area contributed by atoms with Gasteiger partial charge < -0.3 is 9.47 Å². The number of carbonyl (C=O) groups is 2. The molecule has 1 heterocycles. The summed E-state index contributed by atoms with van der Waals surface area (Å²) in [6.07, 6.45) is 0. The van der Waals surface area contributed by atoms with Crippen LogP contribution >= 0.6 is 11.3 Å². The van der Waals surface area contributed by atoms with Crippen molar-refractivity contribution < 1.29 is 36.3 Å². The number of ether oxygens (including phenoxy) is 2. The quantitative estimate of drug-likeness (QED) is 0.786. The minimum absolute atomic E-state index is 0.00250. The second-order valence-corrected chi connectivity index (χ2v) is 7.38. The Hall–Kier alpha value is -2.53. The summed E-state index contributed by atoms with van der Waals surface area (Å²) in [7, 11) is -2.14. The Morgan fingerprint density at radius 1 is 1.04 bits per heavy atom. The summed E-state index contributed by atoms with van der Waals surface area (Å²) in [5, 5.41) is 1.25. The van der Waals surface area contributed by atoms with E-state index in [2.05, 4.69) is 9.47 Å². The molecule has 0 amide bonds. The maximum Gasteiger partial charge on any atom is 0.340 e. The second kappa shape index (κ2) is 7.15. The molecule has 0 bridgehead atoms. The number of halogens is 2. The highest BCUT2D eigenvalue weighted by Crippen LogP contribution is 2.26. The van der Waals surface area contributed by atoms with Crippen molar-refractivity contribution in [2.75, 3.05) is 18.9 Å². The molecule has 0 fully saturated rings. The van der Waals surface area contributed by atoms with Gasteiger partial charge in [0.25, 0.3) is 10.0 Å². The number of sulfonamides is 1. The van der Waals surface area contributed by atoms with Gasteiger partial charge in [-0.3, -0.25) is 4.72 Å². The number of hydrogen-bond acceptors (Lipinski definition) is 7. The molecule has 0 aliphatic heterocycles. The van der Waals surface area contributed by atoms with Crippen LogP contribution in [-0.4, -0.2) is 34.6 Å². The molecule has 2 rings (SSSR count). The van der Waals surface area contributed by atoms with Gasteiger partial charge in [0.1, 0.15) is 15.8 Å². The molecule has 0 saturated carbocycles. The van der Waals surface area contributed by atoms with E-state index in [1.165, 1.54) is 5.38 Å². The zero-order chi connectivity index (χ0) is 18.8. The van der Waals surface area contributed by atoms with Gasteiger partial charge in [-0.15, -0.1) is 11.3 Å². The van der Waals surface area contributed by atoms with Gasteiger partial charge in [-0.2, -0.15) is 0 Å². The van der Waals surface area contributed by atoms with Crippen LogP contribution in [0.3, 0.4) is 0 Å². The van der Waals surface area contributed by atoms with E-state index in [0.717, 1.165) is 20.3 Å². The van der Waals surface area contributed by atoms with E-state index in [-0.39, 0.29) is 9.77 Å². The van der Waals surface area contributed by atoms with Crippen molar-refractivity contribution in [3.05, 3.63) is 46.3 Å². The van der Waals surface area contributed by atoms with Gasteiger partial charge in [0.15, 0.2) is 0 Å². The Kier molecular flexibility index (Phi) is 5.38. The molecule has 0 saturated heterocycles. The molecule has 0 spiro atoms. The summed E-state index contributed by atoms with van der Waals surface area (Å²) in [5.41, 5.74) is -1.28. The summed E-state index contributed by atoms with van der Waals surface area (Å²) < 4.78 is 62.4. The molecule has 0 aliphatic carbocycles. The van der Waals surface area contributed by atoms with Crippen LogP contribution in [0.4, 0.5) is 14.5 Å². The molecule has 7 nitrogen and oxygen atoms in total. The highest BCUT2D eigenvalue weighted by atomic mass is 32.2. The predicted molar refractivity (Wildman–Crippen MR) is 84.2 cm³/mol. The lowest BCUT2D eigenvalue weighted by Gasteiger charge is -2.09. The van der Waals surface area contributed by atoms with E-state index in [1.807, 2.05) is 4.72 Å². The molecule has 25 heavy (non-hydrogen) atoms. The van der Waals surface area contributed by atoms with Gasteiger partial charge in [0.05, 0.1) is 31.0 Å². The number of rotatable bonds is 5. The lowest BCUT2D eigenvalue weighted by Crippen LogP contribution is -2.14. The number of methoxy groups -OCH3 is 2. The molecule has 0 atom stereocenters. The second-order valence-electron chi connectivity index (χ2n) is 4.55. The summed E-state index contributed by atoms with van der Waals surface area (Å²) in [4.78, 5) is 22.8. The zero-order valence-electron chi connectivity index (χ0n) is 12.8.